The summed E-state index contributed by atoms with van der Waals surface area (Å²) in [6, 6.07) is 0. The smallest absolute Gasteiger partial charge is 0.306 e. The van der Waals surface area contributed by atoms with Crippen molar-refractivity contribution < 1.29 is 19.4 Å². The first-order chi connectivity index (χ1) is 10.9. The number of fused-ring (bicyclic) bond motifs is 1. The molecule has 23 heavy (non-hydrogen) atoms. The van der Waals surface area contributed by atoms with E-state index in [1.165, 1.54) is 25.7 Å². The van der Waals surface area contributed by atoms with Crippen molar-refractivity contribution in [1.29, 1.82) is 0 Å². The maximum atomic E-state index is 13.5. The summed E-state index contributed by atoms with van der Waals surface area (Å²) in [5.41, 5.74) is 0. The maximum Gasteiger partial charge on any atom is 0.306 e. The Hall–Kier alpha value is -0.350. The minimum Gasteiger partial charge on any atom is -0.481 e. The van der Waals surface area contributed by atoms with Crippen LogP contribution in [-0.2, 0) is 4.79 Å². The van der Waals surface area contributed by atoms with Crippen molar-refractivity contribution in [2.45, 2.75) is 82.4 Å². The van der Waals surface area contributed by atoms with Crippen LogP contribution in [0.5, 0.6) is 0 Å². The first-order valence-electron chi connectivity index (χ1n) is 9.06. The lowest BCUT2D eigenvalue weighted by Gasteiger charge is -2.47. The van der Waals surface area contributed by atoms with E-state index in [2.05, 4.69) is 6.92 Å². The van der Waals surface area contributed by atoms with Gasteiger partial charge in [-0.1, -0.05) is 26.2 Å². The van der Waals surface area contributed by atoms with Crippen LogP contribution in [-0.4, -0.2) is 33.8 Å². The minimum absolute atomic E-state index is 0.0776. The average molecular weight is 349 g/mol. The molecule has 2 fully saturated rings. The zero-order chi connectivity index (χ0) is 17.0. The molecule has 5 heteroatoms. The van der Waals surface area contributed by atoms with E-state index in [9.17, 15) is 14.3 Å². The molecule has 2 saturated carbocycles. The lowest BCUT2D eigenvalue weighted by molar-refractivity contribution is -0.138. The maximum absolute atomic E-state index is 13.5. The molecule has 0 aromatic heterocycles. The Bertz CT molecular complexity index is 392. The van der Waals surface area contributed by atoms with Crippen LogP contribution in [0.25, 0.3) is 0 Å². The molecule has 0 radical (unpaired) electrons. The first-order valence-corrected chi connectivity index (χ1v) is 9.50. The molecule has 2 aliphatic carbocycles. The van der Waals surface area contributed by atoms with E-state index in [-0.39, 0.29) is 11.8 Å². The van der Waals surface area contributed by atoms with E-state index in [4.69, 9.17) is 16.7 Å². The van der Waals surface area contributed by atoms with Gasteiger partial charge >= 0.3 is 5.97 Å². The van der Waals surface area contributed by atoms with Gasteiger partial charge in [0.15, 0.2) is 0 Å². The highest BCUT2D eigenvalue weighted by Crippen LogP contribution is 2.49. The van der Waals surface area contributed by atoms with Gasteiger partial charge in [-0.05, 0) is 49.4 Å². The predicted molar refractivity (Wildman–Crippen MR) is 89.4 cm³/mol. The number of carboxylic acids is 1. The normalized spacial score (nSPS) is 37.0. The Balaban J connectivity index is 1.85. The van der Waals surface area contributed by atoms with Crippen molar-refractivity contribution in [2.24, 2.45) is 23.7 Å². The number of aliphatic hydroxyl groups excluding tert-OH is 1. The van der Waals surface area contributed by atoms with Gasteiger partial charge in [0.1, 0.15) is 6.17 Å². The van der Waals surface area contributed by atoms with E-state index in [1.54, 1.807) is 0 Å². The fourth-order valence-corrected chi connectivity index (χ4v) is 5.37. The van der Waals surface area contributed by atoms with E-state index in [0.29, 0.717) is 30.1 Å². The molecule has 7 atom stereocenters. The zero-order valence-corrected chi connectivity index (χ0v) is 14.7. The third kappa shape index (κ3) is 5.32. The molecule has 2 aliphatic rings. The van der Waals surface area contributed by atoms with Gasteiger partial charge in [0, 0.05) is 11.8 Å². The summed E-state index contributed by atoms with van der Waals surface area (Å²) >= 11 is 6.62. The van der Waals surface area contributed by atoms with Gasteiger partial charge < -0.3 is 10.2 Å². The van der Waals surface area contributed by atoms with Crippen LogP contribution in [0.15, 0.2) is 0 Å². The summed E-state index contributed by atoms with van der Waals surface area (Å²) in [5, 5.41) is 18.9. The largest absolute Gasteiger partial charge is 0.481 e. The van der Waals surface area contributed by atoms with Crippen LogP contribution in [0.4, 0.5) is 4.39 Å². The number of carboxylic acid groups (broad SMARTS) is 1. The Morgan fingerprint density at radius 3 is 2.74 bits per heavy atom. The highest BCUT2D eigenvalue weighted by molar-refractivity contribution is 6.20. The fraction of sp³-hybridized carbons (Fsp3) is 0.944. The van der Waals surface area contributed by atoms with Gasteiger partial charge in [0.25, 0.3) is 0 Å². The van der Waals surface area contributed by atoms with Gasteiger partial charge in [-0.3, -0.25) is 4.79 Å². The van der Waals surface area contributed by atoms with E-state index in [1.807, 2.05) is 0 Å². The molecule has 3 nitrogen and oxygen atoms in total. The summed E-state index contributed by atoms with van der Waals surface area (Å²) < 4.78 is 13.5. The molecule has 2 rings (SSSR count). The molecule has 0 aliphatic heterocycles. The third-order valence-electron chi connectivity index (χ3n) is 5.99. The SMILES string of the molecule is C[C@H]1CCC2CCCC(Cl)C2[C@H]1CC[C@@H](O)C[C@H](F)CC(=O)O. The molecule has 0 aromatic carbocycles. The second kappa shape index (κ2) is 8.66. The van der Waals surface area contributed by atoms with Crippen LogP contribution >= 0.6 is 11.6 Å². The van der Waals surface area contributed by atoms with Gasteiger partial charge in [0.05, 0.1) is 12.5 Å². The van der Waals surface area contributed by atoms with E-state index < -0.39 is 24.7 Å². The van der Waals surface area contributed by atoms with Crippen molar-refractivity contribution in [3.63, 3.8) is 0 Å². The summed E-state index contributed by atoms with van der Waals surface area (Å²) in [6.45, 7) is 2.27. The number of hydrogen-bond donors (Lipinski definition) is 2. The second-order valence-electron chi connectivity index (χ2n) is 7.66. The number of alkyl halides is 2. The van der Waals surface area contributed by atoms with Gasteiger partial charge in [-0.15, -0.1) is 11.6 Å². The molecule has 0 saturated heterocycles. The second-order valence-corrected chi connectivity index (χ2v) is 8.23. The van der Waals surface area contributed by atoms with Crippen molar-refractivity contribution in [2.75, 3.05) is 0 Å². The van der Waals surface area contributed by atoms with Gasteiger partial charge in [0.2, 0.25) is 0 Å². The van der Waals surface area contributed by atoms with Crippen LogP contribution in [0.2, 0.25) is 0 Å². The first kappa shape index (κ1) is 19.0. The number of aliphatic carboxylic acids is 1. The van der Waals surface area contributed by atoms with Crippen molar-refractivity contribution >= 4 is 17.6 Å². The molecule has 134 valence electrons. The summed E-state index contributed by atoms with van der Waals surface area (Å²) in [7, 11) is 0. The molecule has 0 bridgehead atoms. The Morgan fingerprint density at radius 2 is 2.04 bits per heavy atom. The van der Waals surface area contributed by atoms with Crippen LogP contribution < -0.4 is 0 Å². The van der Waals surface area contributed by atoms with Gasteiger partial charge in [-0.25, -0.2) is 4.39 Å². The Labute approximate surface area is 143 Å². The molecule has 0 aromatic rings. The Morgan fingerprint density at radius 1 is 1.30 bits per heavy atom. The molecule has 0 heterocycles. The standard InChI is InChI=1S/C18H30ClFO3/c1-11-5-6-12-3-2-4-16(19)18(12)15(11)8-7-14(21)9-13(20)10-17(22)23/h11-16,18,21H,2-10H2,1H3,(H,22,23)/t11-,12?,13-,14+,15-,16?,18?/m0/s1. The molecule has 0 amide bonds. The van der Waals surface area contributed by atoms with Crippen molar-refractivity contribution in [3.8, 4) is 0 Å². The highest BCUT2D eigenvalue weighted by Gasteiger charge is 2.42. The predicted octanol–water partition coefficient (Wildman–Crippen LogP) is 4.40. The molecular formula is C18H30ClFO3. The van der Waals surface area contributed by atoms with Crippen LogP contribution in [0.1, 0.15) is 64.7 Å². The number of hydrogen-bond acceptors (Lipinski definition) is 2. The van der Waals surface area contributed by atoms with Crippen LogP contribution in [0.3, 0.4) is 0 Å². The Kier molecular flexibility index (Phi) is 7.15. The zero-order valence-electron chi connectivity index (χ0n) is 14.0. The van der Waals surface area contributed by atoms with Crippen LogP contribution in [0, 0.1) is 23.7 Å². The summed E-state index contributed by atoms with van der Waals surface area (Å²) in [5.74, 6) is 1.19. The highest BCUT2D eigenvalue weighted by atomic mass is 35.5. The van der Waals surface area contributed by atoms with E-state index in [0.717, 1.165) is 12.8 Å². The lowest BCUT2D eigenvalue weighted by atomic mass is 9.60. The quantitative estimate of drug-likeness (QED) is 0.670. The average Bonchev–Trinajstić information content (AvgIpc) is 2.45. The number of aliphatic hydroxyl groups is 1. The lowest BCUT2D eigenvalue weighted by Crippen LogP contribution is -2.41. The fourth-order valence-electron chi connectivity index (χ4n) is 4.83. The van der Waals surface area contributed by atoms with E-state index >= 15 is 0 Å². The summed E-state index contributed by atoms with van der Waals surface area (Å²) in [6.07, 6.45) is 4.65. The number of carbonyl (C=O) groups is 1. The monoisotopic (exact) mass is 348 g/mol. The summed E-state index contributed by atoms with van der Waals surface area (Å²) in [4.78, 5) is 10.5. The topological polar surface area (TPSA) is 57.5 Å². The minimum atomic E-state index is -1.46. The third-order valence-corrected chi connectivity index (χ3v) is 6.50. The van der Waals surface area contributed by atoms with Crippen molar-refractivity contribution in [1.82, 2.24) is 0 Å². The molecule has 0 spiro atoms. The molecular weight excluding hydrogens is 319 g/mol. The van der Waals surface area contributed by atoms with Gasteiger partial charge in [-0.2, -0.15) is 0 Å². The molecule has 3 unspecified atom stereocenters. The van der Waals surface area contributed by atoms with Crippen molar-refractivity contribution in [3.05, 3.63) is 0 Å². The molecule has 2 N–H and O–H groups in total. The number of rotatable bonds is 7. The number of halogens is 2.